The van der Waals surface area contributed by atoms with Gasteiger partial charge in [0.1, 0.15) is 15.5 Å². The largest absolute Gasteiger partial charge is 0.477 e. The van der Waals surface area contributed by atoms with Gasteiger partial charge in [0.05, 0.1) is 41.7 Å². The second-order valence-electron chi connectivity index (χ2n) is 9.77. The molecule has 4 heterocycles. The van der Waals surface area contributed by atoms with Crippen LogP contribution in [0.25, 0.3) is 11.3 Å². The van der Waals surface area contributed by atoms with Gasteiger partial charge >= 0.3 is 6.18 Å². The summed E-state index contributed by atoms with van der Waals surface area (Å²) < 4.78 is 71.9. The number of sulfone groups is 1. The van der Waals surface area contributed by atoms with E-state index in [1.54, 1.807) is 25.3 Å². The summed E-state index contributed by atoms with van der Waals surface area (Å²) in [4.78, 5) is 25.4. The first-order valence-corrected chi connectivity index (χ1v) is 15.1. The van der Waals surface area contributed by atoms with Crippen LogP contribution in [0.2, 0.25) is 0 Å². The van der Waals surface area contributed by atoms with E-state index in [9.17, 15) is 26.4 Å². The SMILES string of the molecule is Cc1cn(-c2cc(NC(=O)c3cncc(C#Cc4cnc5ccc(OCCCS(C)(=O)=O)nn45)c3)cc(C(F)(F)F)c2)cn1. The first-order chi connectivity index (χ1) is 20.8. The maximum Gasteiger partial charge on any atom is 0.416 e. The first kappa shape index (κ1) is 30.2. The molecule has 1 aromatic carbocycles. The number of nitrogens with zero attached hydrogens (tertiary/aromatic N) is 6. The highest BCUT2D eigenvalue weighted by molar-refractivity contribution is 7.90. The highest BCUT2D eigenvalue weighted by Gasteiger charge is 2.31. The molecule has 0 aliphatic heterocycles. The highest BCUT2D eigenvalue weighted by Crippen LogP contribution is 2.33. The molecular weight excluding hydrogens is 599 g/mol. The summed E-state index contributed by atoms with van der Waals surface area (Å²) in [5, 5.41) is 6.86. The Morgan fingerprint density at radius 2 is 1.89 bits per heavy atom. The van der Waals surface area contributed by atoms with Crippen molar-refractivity contribution in [1.29, 1.82) is 0 Å². The van der Waals surface area contributed by atoms with E-state index in [0.717, 1.165) is 18.4 Å². The first-order valence-electron chi connectivity index (χ1n) is 13.0. The molecule has 0 radical (unpaired) electrons. The van der Waals surface area contributed by atoms with E-state index >= 15 is 0 Å². The van der Waals surface area contributed by atoms with Gasteiger partial charge in [0.15, 0.2) is 5.65 Å². The second kappa shape index (κ2) is 12.2. The van der Waals surface area contributed by atoms with Crippen LogP contribution in [0.1, 0.15) is 39.3 Å². The Labute approximate surface area is 249 Å². The summed E-state index contributed by atoms with van der Waals surface area (Å²) in [5.74, 6) is 5.38. The summed E-state index contributed by atoms with van der Waals surface area (Å²) in [6.45, 7) is 1.87. The number of anilines is 1. The van der Waals surface area contributed by atoms with Crippen LogP contribution in [-0.4, -0.2) is 62.1 Å². The number of carbonyl (C=O) groups is 1. The number of hydrogen-bond donors (Lipinski definition) is 1. The zero-order chi connectivity index (χ0) is 31.5. The van der Waals surface area contributed by atoms with E-state index in [-0.39, 0.29) is 35.2 Å². The number of carbonyl (C=O) groups excluding carboxylic acids is 1. The number of amides is 1. The van der Waals surface area contributed by atoms with E-state index in [1.807, 2.05) is 0 Å². The van der Waals surface area contributed by atoms with Gasteiger partial charge in [0, 0.05) is 47.9 Å². The third-order valence-electron chi connectivity index (χ3n) is 6.10. The number of aromatic nitrogens is 6. The molecule has 0 spiro atoms. The number of halogens is 3. The van der Waals surface area contributed by atoms with Crippen LogP contribution in [-0.2, 0) is 16.0 Å². The van der Waals surface area contributed by atoms with Crippen LogP contribution in [0.4, 0.5) is 18.9 Å². The molecule has 1 amide bonds. The van der Waals surface area contributed by atoms with Crippen molar-refractivity contribution in [2.24, 2.45) is 0 Å². The average Bonchev–Trinajstić information content (AvgIpc) is 3.59. The van der Waals surface area contributed by atoms with Gasteiger partial charge in [-0.25, -0.2) is 22.9 Å². The number of ether oxygens (including phenoxy) is 1. The lowest BCUT2D eigenvalue weighted by atomic mass is 10.1. The van der Waals surface area contributed by atoms with Gasteiger partial charge < -0.3 is 14.6 Å². The minimum atomic E-state index is -4.64. The Kier molecular flexibility index (Phi) is 8.36. The van der Waals surface area contributed by atoms with Crippen molar-refractivity contribution in [2.75, 3.05) is 23.9 Å². The molecule has 0 atom stereocenters. The molecule has 11 nitrogen and oxygen atoms in total. The van der Waals surface area contributed by atoms with E-state index in [1.165, 1.54) is 46.1 Å². The smallest absolute Gasteiger partial charge is 0.416 e. The van der Waals surface area contributed by atoms with Gasteiger partial charge in [-0.3, -0.25) is 9.78 Å². The van der Waals surface area contributed by atoms with Crippen molar-refractivity contribution < 1.29 is 31.1 Å². The maximum atomic E-state index is 13.6. The Balaban J connectivity index is 1.34. The standard InChI is InChI=1S/C29H24F3N7O4S/c1-19-17-38(18-35-19)25-12-22(29(30,31)32)11-23(13-25)36-28(40)21-10-20(14-33-15-21)4-5-24-16-34-26-6-7-27(37-39(24)26)43-8-3-9-44(2,41)42/h6-7,10-18H,3,8-9H2,1-2H3,(H,36,40). The summed E-state index contributed by atoms with van der Waals surface area (Å²) >= 11 is 0. The van der Waals surface area contributed by atoms with E-state index in [0.29, 0.717) is 29.0 Å². The van der Waals surface area contributed by atoms with E-state index < -0.39 is 27.5 Å². The van der Waals surface area contributed by atoms with Crippen molar-refractivity contribution in [2.45, 2.75) is 19.5 Å². The van der Waals surface area contributed by atoms with Crippen LogP contribution in [0.15, 0.2) is 67.5 Å². The number of alkyl halides is 3. The van der Waals surface area contributed by atoms with Gasteiger partial charge in [-0.05, 0) is 49.6 Å². The lowest BCUT2D eigenvalue weighted by Gasteiger charge is -2.13. The molecule has 0 unspecified atom stereocenters. The molecule has 4 aromatic heterocycles. The summed E-state index contributed by atoms with van der Waals surface area (Å²) in [5.41, 5.74) is 1.14. The quantitative estimate of drug-likeness (QED) is 0.202. The van der Waals surface area contributed by atoms with Gasteiger partial charge in [0.25, 0.3) is 5.91 Å². The zero-order valence-electron chi connectivity index (χ0n) is 23.3. The van der Waals surface area contributed by atoms with Gasteiger partial charge in [-0.1, -0.05) is 5.92 Å². The molecule has 1 N–H and O–H groups in total. The third kappa shape index (κ3) is 7.58. The fraction of sp³-hybridized carbons (Fsp3) is 0.207. The minimum Gasteiger partial charge on any atom is -0.477 e. The molecule has 0 aliphatic carbocycles. The normalized spacial score (nSPS) is 11.7. The predicted molar refractivity (Wildman–Crippen MR) is 154 cm³/mol. The second-order valence-corrected chi connectivity index (χ2v) is 12.0. The molecule has 0 bridgehead atoms. The van der Waals surface area contributed by atoms with Gasteiger partial charge in [0.2, 0.25) is 5.88 Å². The van der Waals surface area contributed by atoms with Crippen LogP contribution < -0.4 is 10.1 Å². The van der Waals surface area contributed by atoms with Crippen molar-refractivity contribution in [3.8, 4) is 23.4 Å². The van der Waals surface area contributed by atoms with E-state index in [2.05, 4.69) is 37.2 Å². The molecule has 0 saturated carbocycles. The van der Waals surface area contributed by atoms with Crippen molar-refractivity contribution in [3.63, 3.8) is 0 Å². The highest BCUT2D eigenvalue weighted by atomic mass is 32.2. The molecular formula is C29H24F3N7O4S. The van der Waals surface area contributed by atoms with Crippen LogP contribution >= 0.6 is 0 Å². The average molecular weight is 624 g/mol. The number of imidazole rings is 2. The monoisotopic (exact) mass is 623 g/mol. The summed E-state index contributed by atoms with van der Waals surface area (Å²) in [6, 6.07) is 7.96. The lowest BCUT2D eigenvalue weighted by Crippen LogP contribution is -2.14. The van der Waals surface area contributed by atoms with E-state index in [4.69, 9.17) is 4.74 Å². The molecule has 44 heavy (non-hydrogen) atoms. The lowest BCUT2D eigenvalue weighted by molar-refractivity contribution is -0.137. The zero-order valence-corrected chi connectivity index (χ0v) is 24.1. The number of rotatable bonds is 8. The number of hydrogen-bond acceptors (Lipinski definition) is 8. The molecule has 0 fully saturated rings. The number of aryl methyl sites for hydroxylation is 1. The van der Waals surface area contributed by atoms with Crippen molar-refractivity contribution >= 4 is 27.1 Å². The van der Waals surface area contributed by atoms with Gasteiger partial charge in [-0.15, -0.1) is 5.10 Å². The maximum absolute atomic E-state index is 13.6. The Bertz CT molecular complexity index is 2030. The fourth-order valence-electron chi connectivity index (χ4n) is 4.05. The van der Waals surface area contributed by atoms with Crippen LogP contribution in [0.3, 0.4) is 0 Å². The summed E-state index contributed by atoms with van der Waals surface area (Å²) in [7, 11) is -3.10. The molecule has 226 valence electrons. The van der Waals surface area contributed by atoms with Crippen LogP contribution in [0, 0.1) is 18.8 Å². The topological polar surface area (TPSA) is 133 Å². The molecule has 5 aromatic rings. The van der Waals surface area contributed by atoms with Crippen LogP contribution in [0.5, 0.6) is 5.88 Å². The fourth-order valence-corrected chi connectivity index (χ4v) is 4.69. The number of pyridine rings is 1. The summed E-state index contributed by atoms with van der Waals surface area (Å²) in [6.07, 6.45) is 3.99. The van der Waals surface area contributed by atoms with Crippen molar-refractivity contribution in [3.05, 3.63) is 95.6 Å². The number of fused-ring (bicyclic) bond motifs is 1. The predicted octanol–water partition coefficient (Wildman–Crippen LogP) is 4.10. The number of benzene rings is 1. The Hall–Kier alpha value is -5.23. The molecule has 0 saturated heterocycles. The Morgan fingerprint density at radius 1 is 1.07 bits per heavy atom. The third-order valence-corrected chi connectivity index (χ3v) is 7.13. The van der Waals surface area contributed by atoms with Crippen molar-refractivity contribution in [1.82, 2.24) is 29.1 Å². The number of nitrogens with one attached hydrogen (secondary N) is 1. The molecule has 15 heteroatoms. The molecule has 5 rings (SSSR count). The minimum absolute atomic E-state index is 0.00557. The Morgan fingerprint density at radius 3 is 2.61 bits per heavy atom. The molecule has 0 aliphatic rings. The van der Waals surface area contributed by atoms with Gasteiger partial charge in [-0.2, -0.15) is 13.2 Å².